The zero-order valence-electron chi connectivity index (χ0n) is 20.9. The highest BCUT2D eigenvalue weighted by molar-refractivity contribution is 5.92. The number of carbonyl (C=O) groups excluding carboxylic acids is 1. The minimum atomic E-state index is -1.24. The Hall–Kier alpha value is -4.91. The van der Waals surface area contributed by atoms with Gasteiger partial charge in [0.2, 0.25) is 0 Å². The molecule has 1 aliphatic rings. The molecule has 39 heavy (non-hydrogen) atoms. The third-order valence-electron chi connectivity index (χ3n) is 7.29. The molecule has 0 fully saturated rings. The minimum Gasteiger partial charge on any atom is -0.480 e. The summed E-state index contributed by atoms with van der Waals surface area (Å²) in [5, 5.41) is 13.4. The number of rotatable bonds is 7. The zero-order chi connectivity index (χ0) is 26.9. The Labute approximate surface area is 224 Å². The first-order valence-electron chi connectivity index (χ1n) is 12.7. The van der Waals surface area contributed by atoms with Gasteiger partial charge < -0.3 is 20.1 Å². The fourth-order valence-corrected chi connectivity index (χ4v) is 5.46. The van der Waals surface area contributed by atoms with Crippen molar-refractivity contribution in [3.05, 3.63) is 120 Å². The molecule has 4 aromatic carbocycles. The van der Waals surface area contributed by atoms with Crippen molar-refractivity contribution >= 4 is 23.0 Å². The van der Waals surface area contributed by atoms with Crippen LogP contribution in [-0.4, -0.2) is 34.8 Å². The van der Waals surface area contributed by atoms with Crippen LogP contribution in [0.2, 0.25) is 0 Å². The molecule has 194 valence electrons. The van der Waals surface area contributed by atoms with Crippen molar-refractivity contribution in [3.8, 4) is 22.4 Å². The van der Waals surface area contributed by atoms with E-state index in [4.69, 9.17) is 4.74 Å². The van der Waals surface area contributed by atoms with Crippen LogP contribution in [0.5, 0.6) is 0 Å². The second-order valence-electron chi connectivity index (χ2n) is 9.60. The van der Waals surface area contributed by atoms with Crippen LogP contribution in [0.15, 0.2) is 97.1 Å². The van der Waals surface area contributed by atoms with Crippen molar-refractivity contribution < 1.29 is 23.8 Å². The molecule has 3 N–H and O–H groups in total. The molecule has 0 radical (unpaired) electrons. The summed E-state index contributed by atoms with van der Waals surface area (Å²) in [5.41, 5.74) is 7.29. The van der Waals surface area contributed by atoms with Crippen molar-refractivity contribution in [1.29, 1.82) is 0 Å². The number of hydrogen-bond acceptors (Lipinski definition) is 3. The van der Waals surface area contributed by atoms with Gasteiger partial charge in [0.25, 0.3) is 0 Å². The van der Waals surface area contributed by atoms with E-state index in [0.29, 0.717) is 16.8 Å². The number of halogens is 1. The number of nitrogens with one attached hydrogen (secondary N) is 2. The summed E-state index contributed by atoms with van der Waals surface area (Å²) in [6, 6.07) is 28.3. The maximum absolute atomic E-state index is 13.6. The summed E-state index contributed by atoms with van der Waals surface area (Å²) in [6.07, 6.45) is -0.789. The smallest absolute Gasteiger partial charge is 0.407 e. The lowest BCUT2D eigenvalue weighted by molar-refractivity contribution is -0.139. The minimum absolute atomic E-state index is 0.0102. The van der Waals surface area contributed by atoms with E-state index >= 15 is 0 Å². The predicted molar refractivity (Wildman–Crippen MR) is 147 cm³/mol. The Morgan fingerprint density at radius 1 is 0.872 bits per heavy atom. The number of aromatic amines is 1. The van der Waals surface area contributed by atoms with Crippen LogP contribution in [0.25, 0.3) is 33.3 Å². The number of carboxylic acid groups (broad SMARTS) is 1. The average molecular weight is 521 g/mol. The standard InChI is InChI=1S/C32H25FN2O4/c33-20-15-13-19(14-16-20)30-26(25-11-5-6-12-28(25)34-30)17-29(31(36)37)35-32(38)39-18-27-23-9-3-1-7-21(23)22-8-2-4-10-24(22)27/h1-16,27,29,34H,17-18H2,(H,35,38)(H,36,37)/t29-/m0/s1. The fraction of sp³-hybridized carbons (Fsp3) is 0.125. The SMILES string of the molecule is O=C(N[C@@H](Cc1c(-c2ccc(F)cc2)[nH]c2ccccc12)C(=O)O)OCC1c2ccccc2-c2ccccc21. The number of para-hydroxylation sites is 1. The van der Waals surface area contributed by atoms with Gasteiger partial charge in [0.1, 0.15) is 18.5 Å². The van der Waals surface area contributed by atoms with Crippen LogP contribution in [-0.2, 0) is 16.0 Å². The van der Waals surface area contributed by atoms with Crippen molar-refractivity contribution in [1.82, 2.24) is 10.3 Å². The number of amides is 1. The lowest BCUT2D eigenvalue weighted by Gasteiger charge is -2.18. The van der Waals surface area contributed by atoms with Crippen LogP contribution >= 0.6 is 0 Å². The summed E-state index contributed by atoms with van der Waals surface area (Å²) < 4.78 is 19.2. The monoisotopic (exact) mass is 520 g/mol. The van der Waals surface area contributed by atoms with Crippen molar-refractivity contribution in [2.24, 2.45) is 0 Å². The number of aromatic nitrogens is 1. The largest absolute Gasteiger partial charge is 0.480 e. The lowest BCUT2D eigenvalue weighted by atomic mass is 9.98. The number of aliphatic carboxylic acids is 1. The predicted octanol–water partition coefficient (Wildman–Crippen LogP) is 6.51. The van der Waals surface area contributed by atoms with Crippen LogP contribution in [0, 0.1) is 5.82 Å². The molecule has 5 aromatic rings. The number of benzene rings is 4. The molecule has 0 saturated carbocycles. The van der Waals surface area contributed by atoms with Gasteiger partial charge in [-0.3, -0.25) is 0 Å². The summed E-state index contributed by atoms with van der Waals surface area (Å²) in [7, 11) is 0. The van der Waals surface area contributed by atoms with E-state index in [1.165, 1.54) is 12.1 Å². The lowest BCUT2D eigenvalue weighted by Crippen LogP contribution is -2.43. The molecule has 1 atom stereocenters. The Bertz CT molecular complexity index is 1650. The van der Waals surface area contributed by atoms with Gasteiger partial charge >= 0.3 is 12.1 Å². The van der Waals surface area contributed by atoms with Crippen molar-refractivity contribution in [2.45, 2.75) is 18.4 Å². The van der Waals surface area contributed by atoms with E-state index in [1.807, 2.05) is 60.7 Å². The quantitative estimate of drug-likeness (QED) is 0.228. The Morgan fingerprint density at radius 2 is 1.49 bits per heavy atom. The second-order valence-corrected chi connectivity index (χ2v) is 9.60. The van der Waals surface area contributed by atoms with Crippen LogP contribution < -0.4 is 5.32 Å². The van der Waals surface area contributed by atoms with Gasteiger partial charge in [-0.1, -0.05) is 66.7 Å². The molecule has 1 aromatic heterocycles. The van der Waals surface area contributed by atoms with Crippen molar-refractivity contribution in [2.75, 3.05) is 6.61 Å². The maximum Gasteiger partial charge on any atom is 0.407 e. The molecule has 6 nitrogen and oxygen atoms in total. The number of alkyl carbamates (subject to hydrolysis) is 1. The molecule has 1 amide bonds. The van der Waals surface area contributed by atoms with E-state index in [9.17, 15) is 19.1 Å². The number of carboxylic acids is 1. The van der Waals surface area contributed by atoms with E-state index in [-0.39, 0.29) is 24.8 Å². The highest BCUT2D eigenvalue weighted by atomic mass is 19.1. The van der Waals surface area contributed by atoms with E-state index in [1.54, 1.807) is 12.1 Å². The number of H-pyrrole nitrogens is 1. The van der Waals surface area contributed by atoms with E-state index < -0.39 is 18.1 Å². The number of fused-ring (bicyclic) bond motifs is 4. The molecule has 7 heteroatoms. The van der Waals surface area contributed by atoms with Gasteiger partial charge in [-0.15, -0.1) is 0 Å². The van der Waals surface area contributed by atoms with Gasteiger partial charge in [0.05, 0.1) is 0 Å². The van der Waals surface area contributed by atoms with Crippen molar-refractivity contribution in [3.63, 3.8) is 0 Å². The second kappa shape index (κ2) is 10.1. The van der Waals surface area contributed by atoms with Gasteiger partial charge in [-0.2, -0.15) is 0 Å². The summed E-state index contributed by atoms with van der Waals surface area (Å²) in [6.45, 7) is 0.0834. The number of ether oxygens (including phenoxy) is 1. The summed E-state index contributed by atoms with van der Waals surface area (Å²) in [4.78, 5) is 28.4. The van der Waals surface area contributed by atoms with E-state index in [2.05, 4.69) is 22.4 Å². The van der Waals surface area contributed by atoms with Crippen LogP contribution in [0.3, 0.4) is 0 Å². The third kappa shape index (κ3) is 4.63. The molecule has 0 bridgehead atoms. The third-order valence-corrected chi connectivity index (χ3v) is 7.29. The Balaban J connectivity index is 1.22. The van der Waals surface area contributed by atoms with Gasteiger partial charge in [-0.05, 0) is 63.7 Å². The number of hydrogen-bond donors (Lipinski definition) is 3. The summed E-state index contributed by atoms with van der Waals surface area (Å²) in [5.74, 6) is -1.68. The molecule has 0 spiro atoms. The highest BCUT2D eigenvalue weighted by Crippen LogP contribution is 2.44. The molecule has 0 unspecified atom stereocenters. The topological polar surface area (TPSA) is 91.4 Å². The average Bonchev–Trinajstić information content (AvgIpc) is 3.47. The molecule has 0 saturated heterocycles. The number of carbonyl (C=O) groups is 2. The van der Waals surface area contributed by atoms with Crippen LogP contribution in [0.1, 0.15) is 22.6 Å². The molecule has 1 heterocycles. The van der Waals surface area contributed by atoms with Crippen LogP contribution in [0.4, 0.5) is 9.18 Å². The van der Waals surface area contributed by atoms with Gasteiger partial charge in [0, 0.05) is 28.9 Å². The fourth-order valence-electron chi connectivity index (χ4n) is 5.46. The molecule has 6 rings (SSSR count). The van der Waals surface area contributed by atoms with Gasteiger partial charge in [-0.25, -0.2) is 14.0 Å². The zero-order valence-corrected chi connectivity index (χ0v) is 20.9. The molecule has 0 aliphatic heterocycles. The van der Waals surface area contributed by atoms with E-state index in [0.717, 1.165) is 33.2 Å². The Kier molecular flexibility index (Phi) is 6.32. The summed E-state index contributed by atoms with van der Waals surface area (Å²) >= 11 is 0. The first kappa shape index (κ1) is 24.4. The Morgan fingerprint density at radius 3 is 2.15 bits per heavy atom. The van der Waals surface area contributed by atoms with Gasteiger partial charge in [0.15, 0.2) is 0 Å². The highest BCUT2D eigenvalue weighted by Gasteiger charge is 2.30. The maximum atomic E-state index is 13.6. The first-order valence-corrected chi connectivity index (χ1v) is 12.7. The first-order chi connectivity index (χ1) is 19.0. The molecular weight excluding hydrogens is 495 g/mol. The normalized spacial score (nSPS) is 13.1. The molecular formula is C32H25FN2O4. The molecule has 1 aliphatic carbocycles.